The molecule has 0 saturated heterocycles. The summed E-state index contributed by atoms with van der Waals surface area (Å²) in [5.74, 6) is -0.778. The first kappa shape index (κ1) is 22.7. The maximum Gasteiger partial charge on any atom is 0.341 e. The summed E-state index contributed by atoms with van der Waals surface area (Å²) in [4.78, 5) is 23.6. The Hall–Kier alpha value is -4.52. The molecule has 34 heavy (non-hydrogen) atoms. The van der Waals surface area contributed by atoms with Crippen LogP contribution in [0.3, 0.4) is 0 Å². The Labute approximate surface area is 196 Å². The zero-order valence-corrected chi connectivity index (χ0v) is 18.7. The fraction of sp³-hybridized carbons (Fsp3) is 0.111. The lowest BCUT2D eigenvalue weighted by Gasteiger charge is -2.11. The number of nitrogens with two attached hydrogens (primary N) is 1. The molecular formula is C27H24N2O5. The van der Waals surface area contributed by atoms with E-state index in [1.165, 1.54) is 0 Å². The molecule has 0 saturated carbocycles. The highest BCUT2D eigenvalue weighted by atomic mass is 16.5. The summed E-state index contributed by atoms with van der Waals surface area (Å²) in [5.41, 5.74) is 9.19. The molecule has 7 heteroatoms. The summed E-state index contributed by atoms with van der Waals surface area (Å²) < 4.78 is 13.3. The first-order chi connectivity index (χ1) is 16.4. The lowest BCUT2D eigenvalue weighted by molar-refractivity contribution is -0.139. The molecule has 0 aliphatic carbocycles. The van der Waals surface area contributed by atoms with Gasteiger partial charge in [0.25, 0.3) is 0 Å². The van der Waals surface area contributed by atoms with Crippen molar-refractivity contribution in [1.82, 2.24) is 4.57 Å². The molecule has 172 valence electrons. The predicted molar refractivity (Wildman–Crippen MR) is 132 cm³/mol. The van der Waals surface area contributed by atoms with Crippen molar-refractivity contribution in [3.8, 4) is 17.1 Å². The number of fused-ring (bicyclic) bond motifs is 3. The van der Waals surface area contributed by atoms with Crippen molar-refractivity contribution in [2.45, 2.75) is 13.5 Å². The molecule has 4 rings (SSSR count). The first-order valence-corrected chi connectivity index (χ1v) is 10.7. The van der Waals surface area contributed by atoms with Crippen molar-refractivity contribution in [3.63, 3.8) is 0 Å². The van der Waals surface area contributed by atoms with E-state index in [0.29, 0.717) is 40.0 Å². The Morgan fingerprint density at radius 3 is 2.65 bits per heavy atom. The molecule has 7 nitrogen and oxygen atoms in total. The van der Waals surface area contributed by atoms with Crippen molar-refractivity contribution in [1.29, 1.82) is 0 Å². The molecule has 0 radical (unpaired) electrons. The van der Waals surface area contributed by atoms with Crippen LogP contribution in [-0.4, -0.2) is 28.2 Å². The van der Waals surface area contributed by atoms with Crippen LogP contribution >= 0.6 is 0 Å². The maximum absolute atomic E-state index is 12.3. The summed E-state index contributed by atoms with van der Waals surface area (Å²) in [6, 6.07) is 12.6. The molecule has 2 aromatic carbocycles. The van der Waals surface area contributed by atoms with E-state index in [0.717, 1.165) is 16.6 Å². The number of aliphatic carboxylic acids is 1. The molecule has 0 unspecified atom stereocenters. The second kappa shape index (κ2) is 9.54. The molecule has 1 amide bonds. The predicted octanol–water partition coefficient (Wildman–Crippen LogP) is 5.31. The number of carbonyl (C=O) groups is 2. The SMILES string of the molecule is C=C/C(=C\C=C/C)Cn1c2cc(-c3ccco3)cc(OCC(=O)O)c2c2c(C(N)=O)cccc21. The Bertz CT molecular complexity index is 1460. The van der Waals surface area contributed by atoms with E-state index < -0.39 is 18.5 Å². The molecule has 3 N–H and O–H groups in total. The van der Waals surface area contributed by atoms with E-state index in [-0.39, 0.29) is 0 Å². The summed E-state index contributed by atoms with van der Waals surface area (Å²) in [6.45, 7) is 5.77. The number of primary amides is 1. The number of amides is 1. The quantitative estimate of drug-likeness (QED) is 0.332. The summed E-state index contributed by atoms with van der Waals surface area (Å²) in [7, 11) is 0. The van der Waals surface area contributed by atoms with E-state index in [1.807, 2.05) is 47.9 Å². The van der Waals surface area contributed by atoms with Gasteiger partial charge in [0, 0.05) is 23.1 Å². The molecule has 0 atom stereocenters. The number of hydrogen-bond donors (Lipinski definition) is 2. The van der Waals surface area contributed by atoms with Gasteiger partial charge in [-0.15, -0.1) is 0 Å². The van der Waals surface area contributed by atoms with Crippen molar-refractivity contribution in [3.05, 3.63) is 90.7 Å². The Kier molecular flexibility index (Phi) is 6.36. The number of carbonyl (C=O) groups excluding carboxylic acids is 1. The van der Waals surface area contributed by atoms with Crippen molar-refractivity contribution in [2.75, 3.05) is 6.61 Å². The highest BCUT2D eigenvalue weighted by Gasteiger charge is 2.22. The Morgan fingerprint density at radius 1 is 1.18 bits per heavy atom. The smallest absolute Gasteiger partial charge is 0.341 e. The highest BCUT2D eigenvalue weighted by molar-refractivity contribution is 6.20. The summed E-state index contributed by atoms with van der Waals surface area (Å²) in [6.07, 6.45) is 9.14. The second-order valence-electron chi connectivity index (χ2n) is 7.65. The van der Waals surface area contributed by atoms with Crippen LogP contribution in [-0.2, 0) is 11.3 Å². The molecule has 0 aliphatic heterocycles. The molecule has 0 fully saturated rings. The highest BCUT2D eigenvalue weighted by Crippen LogP contribution is 2.41. The molecule has 4 aromatic rings. The van der Waals surface area contributed by atoms with E-state index in [2.05, 4.69) is 6.58 Å². The van der Waals surface area contributed by atoms with Crippen LogP contribution in [0.25, 0.3) is 33.1 Å². The average Bonchev–Trinajstić information content (AvgIpc) is 3.47. The zero-order valence-electron chi connectivity index (χ0n) is 18.7. The van der Waals surface area contributed by atoms with Crippen LogP contribution in [0.15, 0.2) is 89.6 Å². The van der Waals surface area contributed by atoms with Gasteiger partial charge in [0.05, 0.1) is 22.7 Å². The minimum Gasteiger partial charge on any atom is -0.481 e. The molecule has 0 aliphatic rings. The third kappa shape index (κ3) is 4.23. The van der Waals surface area contributed by atoms with E-state index >= 15 is 0 Å². The van der Waals surface area contributed by atoms with Gasteiger partial charge in [-0.2, -0.15) is 0 Å². The number of carboxylic acid groups (broad SMARTS) is 1. The van der Waals surface area contributed by atoms with Crippen molar-refractivity contribution < 1.29 is 23.8 Å². The van der Waals surface area contributed by atoms with Gasteiger partial charge in [-0.3, -0.25) is 4.79 Å². The molecular weight excluding hydrogens is 432 g/mol. The van der Waals surface area contributed by atoms with Crippen LogP contribution in [0.5, 0.6) is 5.75 Å². The van der Waals surface area contributed by atoms with Gasteiger partial charge < -0.3 is 24.6 Å². The fourth-order valence-corrected chi connectivity index (χ4v) is 4.02. The zero-order chi connectivity index (χ0) is 24.2. The lowest BCUT2D eigenvalue weighted by atomic mass is 10.0. The number of rotatable bonds is 9. The largest absolute Gasteiger partial charge is 0.481 e. The average molecular weight is 456 g/mol. The fourth-order valence-electron chi connectivity index (χ4n) is 4.02. The maximum atomic E-state index is 12.3. The summed E-state index contributed by atoms with van der Waals surface area (Å²) in [5, 5.41) is 10.5. The number of ether oxygens (including phenoxy) is 1. The van der Waals surface area contributed by atoms with Crippen molar-refractivity contribution in [2.24, 2.45) is 5.73 Å². The number of allylic oxidation sites excluding steroid dienone is 5. The van der Waals surface area contributed by atoms with Gasteiger partial charge in [0.15, 0.2) is 6.61 Å². The van der Waals surface area contributed by atoms with Gasteiger partial charge >= 0.3 is 5.97 Å². The third-order valence-electron chi connectivity index (χ3n) is 5.48. The van der Waals surface area contributed by atoms with Crippen LogP contribution in [0, 0.1) is 0 Å². The normalized spacial score (nSPS) is 12.0. The third-order valence-corrected chi connectivity index (χ3v) is 5.48. The number of aromatic nitrogens is 1. The number of furan rings is 1. The number of hydrogen-bond acceptors (Lipinski definition) is 4. The lowest BCUT2D eigenvalue weighted by Crippen LogP contribution is -2.11. The molecule has 2 heterocycles. The number of nitrogens with zero attached hydrogens (tertiary/aromatic N) is 1. The first-order valence-electron chi connectivity index (χ1n) is 10.7. The van der Waals surface area contributed by atoms with Gasteiger partial charge in [0.2, 0.25) is 5.91 Å². The van der Waals surface area contributed by atoms with Gasteiger partial charge in [-0.25, -0.2) is 4.79 Å². The molecule has 0 spiro atoms. The van der Waals surface area contributed by atoms with E-state index in [9.17, 15) is 14.7 Å². The minimum absolute atomic E-state index is 0.321. The van der Waals surface area contributed by atoms with Gasteiger partial charge in [0.1, 0.15) is 11.5 Å². The Balaban J connectivity index is 2.11. The van der Waals surface area contributed by atoms with Crippen LogP contribution < -0.4 is 10.5 Å². The Morgan fingerprint density at radius 2 is 2.00 bits per heavy atom. The van der Waals surface area contributed by atoms with Crippen LogP contribution in [0.2, 0.25) is 0 Å². The molecule has 0 bridgehead atoms. The van der Waals surface area contributed by atoms with E-state index in [4.69, 9.17) is 14.9 Å². The summed E-state index contributed by atoms with van der Waals surface area (Å²) >= 11 is 0. The van der Waals surface area contributed by atoms with E-state index in [1.54, 1.807) is 36.6 Å². The van der Waals surface area contributed by atoms with Gasteiger partial charge in [-0.05, 0) is 48.9 Å². The van der Waals surface area contributed by atoms with Crippen LogP contribution in [0.4, 0.5) is 0 Å². The topological polar surface area (TPSA) is 108 Å². The number of benzene rings is 2. The number of carboxylic acids is 1. The second-order valence-corrected chi connectivity index (χ2v) is 7.65. The monoisotopic (exact) mass is 456 g/mol. The molecule has 2 aromatic heterocycles. The van der Waals surface area contributed by atoms with Gasteiger partial charge in [-0.1, -0.05) is 36.9 Å². The standard InChI is InChI=1S/C27H24N2O5/c1-3-5-8-17(4-2)15-29-20-10-6-9-19(27(28)32)25(20)26-21(29)13-18(22-11-7-12-33-22)14-23(26)34-16-24(30)31/h3-14H,2,15-16H2,1H3,(H2,28,32)(H,30,31)/b5-3-,17-8+. The van der Waals surface area contributed by atoms with Crippen LogP contribution in [0.1, 0.15) is 17.3 Å². The minimum atomic E-state index is -1.11. The van der Waals surface area contributed by atoms with Crippen molar-refractivity contribution >= 4 is 33.7 Å².